The molecule has 0 bridgehead atoms. The fourth-order valence-electron chi connectivity index (χ4n) is 2.99. The lowest BCUT2D eigenvalue weighted by atomic mass is 10.0. The summed E-state index contributed by atoms with van der Waals surface area (Å²) in [6.07, 6.45) is 0. The normalized spacial score (nSPS) is 10.5. The number of esters is 2. The van der Waals surface area contributed by atoms with Crippen LogP contribution in [0.5, 0.6) is 5.75 Å². The third-order valence-electron chi connectivity index (χ3n) is 4.41. The molecule has 0 saturated carbocycles. The number of hydrogen-bond donors (Lipinski definition) is 1. The van der Waals surface area contributed by atoms with Gasteiger partial charge in [0.25, 0.3) is 5.69 Å². The molecule has 0 aliphatic heterocycles. The van der Waals surface area contributed by atoms with Crippen molar-refractivity contribution in [2.75, 3.05) is 14.2 Å². The second kappa shape index (κ2) is 8.03. The number of phenolic OH excluding ortho intramolecular Hbond substituents is 1. The van der Waals surface area contributed by atoms with Gasteiger partial charge in [-0.1, -0.05) is 18.2 Å². The van der Waals surface area contributed by atoms with Gasteiger partial charge in [-0.25, -0.2) is 14.3 Å². The number of methoxy groups -OCH3 is 2. The smallest absolute Gasteiger partial charge is 0.357 e. The van der Waals surface area contributed by atoms with E-state index in [1.54, 1.807) is 30.3 Å². The molecule has 0 saturated heterocycles. The van der Waals surface area contributed by atoms with Crippen molar-refractivity contribution in [3.63, 3.8) is 0 Å². The van der Waals surface area contributed by atoms with Crippen molar-refractivity contribution in [1.82, 2.24) is 9.78 Å². The van der Waals surface area contributed by atoms with Crippen molar-refractivity contribution >= 4 is 17.6 Å². The van der Waals surface area contributed by atoms with Gasteiger partial charge in [-0.3, -0.25) is 10.1 Å². The molecule has 0 aliphatic rings. The highest BCUT2D eigenvalue weighted by Gasteiger charge is 2.33. The van der Waals surface area contributed by atoms with E-state index in [0.717, 1.165) is 20.3 Å². The van der Waals surface area contributed by atoms with Crippen LogP contribution < -0.4 is 0 Å². The monoisotopic (exact) mass is 411 g/mol. The van der Waals surface area contributed by atoms with Crippen molar-refractivity contribution < 1.29 is 29.1 Å². The van der Waals surface area contributed by atoms with E-state index in [9.17, 15) is 24.8 Å². The second-order valence-corrected chi connectivity index (χ2v) is 6.22. The van der Waals surface area contributed by atoms with E-state index in [2.05, 4.69) is 5.10 Å². The number of non-ortho nitro benzene ring substituents is 1. The summed E-state index contributed by atoms with van der Waals surface area (Å²) in [5, 5.41) is 26.2. The van der Waals surface area contributed by atoms with E-state index in [4.69, 9.17) is 9.47 Å². The summed E-state index contributed by atoms with van der Waals surface area (Å²) in [4.78, 5) is 35.8. The van der Waals surface area contributed by atoms with Gasteiger partial charge in [0.1, 0.15) is 17.0 Å². The molecular weight excluding hydrogens is 394 g/mol. The Morgan fingerprint density at radius 1 is 1.10 bits per heavy atom. The lowest BCUT2D eigenvalue weighted by molar-refractivity contribution is -0.384. The van der Waals surface area contributed by atoms with Crippen LogP contribution in [0.1, 0.15) is 26.4 Å². The van der Waals surface area contributed by atoms with Crippen molar-refractivity contribution in [2.24, 2.45) is 0 Å². The maximum atomic E-state index is 12.6. The maximum Gasteiger partial charge on any atom is 0.357 e. The first-order valence-electron chi connectivity index (χ1n) is 8.63. The molecule has 0 fully saturated rings. The van der Waals surface area contributed by atoms with Crippen molar-refractivity contribution in [3.8, 4) is 22.7 Å². The van der Waals surface area contributed by atoms with Crippen LogP contribution in [0.4, 0.5) is 5.69 Å². The quantitative estimate of drug-likeness (QED) is 0.385. The Labute approximate surface area is 170 Å². The SMILES string of the molecule is COC(=O)c1c(-c2cc([N+](=O)[O-])cc(C)c2O)nn(-c2ccccc2)c1C(=O)OC. The van der Waals surface area contributed by atoms with E-state index < -0.39 is 16.9 Å². The molecule has 1 N–H and O–H groups in total. The number of ether oxygens (including phenoxy) is 2. The maximum absolute atomic E-state index is 12.6. The highest BCUT2D eigenvalue weighted by Crippen LogP contribution is 2.38. The number of carbonyl (C=O) groups excluding carboxylic acids is 2. The van der Waals surface area contributed by atoms with Crippen LogP contribution in [0, 0.1) is 17.0 Å². The summed E-state index contributed by atoms with van der Waals surface area (Å²) < 4.78 is 10.8. The lowest BCUT2D eigenvalue weighted by Gasteiger charge is -2.07. The van der Waals surface area contributed by atoms with Crippen LogP contribution in [0.25, 0.3) is 16.9 Å². The molecule has 2 aromatic carbocycles. The molecule has 154 valence electrons. The number of carbonyl (C=O) groups is 2. The number of aromatic hydroxyl groups is 1. The minimum Gasteiger partial charge on any atom is -0.507 e. The topological polar surface area (TPSA) is 134 Å². The Kier molecular flexibility index (Phi) is 5.50. The number of para-hydroxylation sites is 1. The number of aromatic nitrogens is 2. The molecule has 1 heterocycles. The van der Waals surface area contributed by atoms with Gasteiger partial charge >= 0.3 is 11.9 Å². The Balaban J connectivity index is 2.44. The third kappa shape index (κ3) is 3.46. The number of hydrogen-bond acceptors (Lipinski definition) is 8. The summed E-state index contributed by atoms with van der Waals surface area (Å²) in [7, 11) is 2.26. The molecule has 0 spiro atoms. The van der Waals surface area contributed by atoms with Crippen LogP contribution in [0.15, 0.2) is 42.5 Å². The summed E-state index contributed by atoms with van der Waals surface area (Å²) in [5.41, 5.74) is -0.473. The first-order chi connectivity index (χ1) is 14.3. The first kappa shape index (κ1) is 20.5. The largest absolute Gasteiger partial charge is 0.507 e. The minimum absolute atomic E-state index is 0.0954. The summed E-state index contributed by atoms with van der Waals surface area (Å²) in [6.45, 7) is 1.47. The molecule has 10 nitrogen and oxygen atoms in total. The number of aryl methyl sites for hydroxylation is 1. The number of benzene rings is 2. The van der Waals surface area contributed by atoms with Gasteiger partial charge in [-0.15, -0.1) is 0 Å². The number of nitrogens with zero attached hydrogens (tertiary/aromatic N) is 3. The summed E-state index contributed by atoms with van der Waals surface area (Å²) in [5.74, 6) is -2.12. The zero-order chi connectivity index (χ0) is 22.0. The standard InChI is InChI=1S/C20H17N3O7/c1-11-9-13(23(27)28)10-14(18(11)24)16-15(19(25)29-2)17(20(26)30-3)22(21-16)12-7-5-4-6-8-12/h4-10,24H,1-3H3. The van der Waals surface area contributed by atoms with Crippen LogP contribution in [-0.2, 0) is 9.47 Å². The molecule has 3 aromatic rings. The average molecular weight is 411 g/mol. The minimum atomic E-state index is -0.920. The summed E-state index contributed by atoms with van der Waals surface area (Å²) >= 11 is 0. The van der Waals surface area contributed by atoms with Gasteiger partial charge in [-0.05, 0) is 24.6 Å². The molecular formula is C20H17N3O7. The Morgan fingerprint density at radius 2 is 1.73 bits per heavy atom. The molecule has 1 aromatic heterocycles. The number of nitro benzene ring substituents is 1. The van der Waals surface area contributed by atoms with Gasteiger partial charge in [0.15, 0.2) is 5.69 Å². The van der Waals surface area contributed by atoms with E-state index in [1.165, 1.54) is 17.7 Å². The predicted octanol–water partition coefficient (Wildman–Crippen LogP) is 3.03. The van der Waals surface area contributed by atoms with Crippen molar-refractivity contribution in [3.05, 3.63) is 69.4 Å². The van der Waals surface area contributed by atoms with Crippen LogP contribution >= 0.6 is 0 Å². The lowest BCUT2D eigenvalue weighted by Crippen LogP contribution is -2.15. The van der Waals surface area contributed by atoms with Gasteiger partial charge in [0.2, 0.25) is 0 Å². The molecule has 30 heavy (non-hydrogen) atoms. The van der Waals surface area contributed by atoms with Gasteiger partial charge < -0.3 is 14.6 Å². The molecule has 0 unspecified atom stereocenters. The zero-order valence-electron chi connectivity index (χ0n) is 16.3. The van der Waals surface area contributed by atoms with Gasteiger partial charge in [0, 0.05) is 12.1 Å². The Bertz CT molecular complexity index is 1150. The number of rotatable bonds is 5. The van der Waals surface area contributed by atoms with E-state index in [-0.39, 0.29) is 39.5 Å². The van der Waals surface area contributed by atoms with Crippen molar-refractivity contribution in [2.45, 2.75) is 6.92 Å². The van der Waals surface area contributed by atoms with Crippen LogP contribution in [0.2, 0.25) is 0 Å². The first-order valence-corrected chi connectivity index (χ1v) is 8.63. The highest BCUT2D eigenvalue weighted by molar-refractivity contribution is 6.07. The molecule has 0 aliphatic carbocycles. The Morgan fingerprint density at radius 3 is 2.30 bits per heavy atom. The Hall–Kier alpha value is -4.21. The molecule has 0 radical (unpaired) electrons. The zero-order valence-corrected chi connectivity index (χ0v) is 16.3. The predicted molar refractivity (Wildman–Crippen MR) is 105 cm³/mol. The van der Waals surface area contributed by atoms with Crippen LogP contribution in [0.3, 0.4) is 0 Å². The second-order valence-electron chi connectivity index (χ2n) is 6.22. The molecule has 0 amide bonds. The number of nitro groups is 1. The third-order valence-corrected chi connectivity index (χ3v) is 4.41. The summed E-state index contributed by atoms with van der Waals surface area (Å²) in [6, 6.07) is 10.7. The highest BCUT2D eigenvalue weighted by atomic mass is 16.6. The average Bonchev–Trinajstić information content (AvgIpc) is 3.15. The van der Waals surface area contributed by atoms with E-state index >= 15 is 0 Å². The van der Waals surface area contributed by atoms with Crippen LogP contribution in [-0.4, -0.2) is 46.0 Å². The molecule has 3 rings (SSSR count). The van der Waals surface area contributed by atoms with Crippen molar-refractivity contribution in [1.29, 1.82) is 0 Å². The fraction of sp³-hybridized carbons (Fsp3) is 0.150. The number of phenols is 1. The van der Waals surface area contributed by atoms with Gasteiger partial charge in [0.05, 0.1) is 30.4 Å². The fourth-order valence-corrected chi connectivity index (χ4v) is 2.99. The van der Waals surface area contributed by atoms with E-state index in [1.807, 2.05) is 0 Å². The van der Waals surface area contributed by atoms with Gasteiger partial charge in [-0.2, -0.15) is 5.10 Å². The molecule has 0 atom stereocenters. The molecule has 10 heteroatoms. The van der Waals surface area contributed by atoms with E-state index in [0.29, 0.717) is 5.69 Å².